The van der Waals surface area contributed by atoms with Crippen molar-refractivity contribution in [3.8, 4) is 0 Å². The van der Waals surface area contributed by atoms with Crippen LogP contribution < -0.4 is 21.1 Å². The minimum atomic E-state index is -3.66. The number of amides is 2. The van der Waals surface area contributed by atoms with Crippen molar-refractivity contribution in [2.75, 3.05) is 23.8 Å². The van der Waals surface area contributed by atoms with Crippen molar-refractivity contribution >= 4 is 43.5 Å². The van der Waals surface area contributed by atoms with Crippen LogP contribution in [0.1, 0.15) is 6.42 Å². The van der Waals surface area contributed by atoms with Crippen LogP contribution in [0.5, 0.6) is 0 Å². The summed E-state index contributed by atoms with van der Waals surface area (Å²) in [4.78, 5) is 11.1. The molecule has 4 rings (SSSR count). The van der Waals surface area contributed by atoms with E-state index < -0.39 is 26.1 Å². The molecule has 0 bridgehead atoms. The van der Waals surface area contributed by atoms with Gasteiger partial charge in [0.15, 0.2) is 0 Å². The van der Waals surface area contributed by atoms with E-state index in [0.717, 1.165) is 0 Å². The molecule has 160 valence electrons. The average Bonchev–Trinajstić information content (AvgIpc) is 2.68. The molecule has 0 saturated carbocycles. The number of nitrogens with zero attached hydrogens (tertiary/aromatic N) is 1. The summed E-state index contributed by atoms with van der Waals surface area (Å²) in [5.41, 5.74) is 6.10. The molecule has 2 aliphatic rings. The molecule has 0 aromatic heterocycles. The molecule has 2 amide bonds. The summed E-state index contributed by atoms with van der Waals surface area (Å²) in [6, 6.07) is 12.0. The fourth-order valence-electron chi connectivity index (χ4n) is 2.53. The number of fused-ring (bicyclic) bond motifs is 2. The quantitative estimate of drug-likeness (QED) is 0.500. The highest BCUT2D eigenvalue weighted by atomic mass is 32.2. The van der Waals surface area contributed by atoms with E-state index in [2.05, 4.69) is 15.0 Å². The van der Waals surface area contributed by atoms with Crippen LogP contribution in [0, 0.1) is 0 Å². The molecule has 0 aliphatic carbocycles. The zero-order chi connectivity index (χ0) is 21.8. The smallest absolute Gasteiger partial charge is 0.333 e. The maximum Gasteiger partial charge on any atom is 0.333 e. The van der Waals surface area contributed by atoms with E-state index in [-0.39, 0.29) is 15.8 Å². The maximum atomic E-state index is 11.8. The van der Waals surface area contributed by atoms with Crippen LogP contribution in [0.4, 0.5) is 16.2 Å². The molecular weight excluding hydrogens is 434 g/mol. The topological polar surface area (TPSA) is 169 Å². The minimum Gasteiger partial charge on any atom is -0.464 e. The third kappa shape index (κ3) is 4.87. The molecule has 13 heteroatoms. The Balaban J connectivity index is 0.000000177. The van der Waals surface area contributed by atoms with Crippen molar-refractivity contribution in [1.29, 1.82) is 0 Å². The maximum absolute atomic E-state index is 11.8. The van der Waals surface area contributed by atoms with Crippen molar-refractivity contribution < 1.29 is 26.4 Å². The molecular formula is C17H19N5O6S2. The largest absolute Gasteiger partial charge is 0.464 e. The number of benzene rings is 2. The van der Waals surface area contributed by atoms with E-state index in [9.17, 15) is 21.6 Å². The number of ether oxygens (including phenoxy) is 1. The fraction of sp³-hybridized carbons (Fsp3) is 0.176. The Hall–Kier alpha value is -3.16. The highest BCUT2D eigenvalue weighted by molar-refractivity contribution is 7.90. The van der Waals surface area contributed by atoms with Crippen molar-refractivity contribution in [1.82, 2.24) is 4.72 Å². The highest BCUT2D eigenvalue weighted by Gasteiger charge is 2.27. The van der Waals surface area contributed by atoms with Crippen LogP contribution in [0.3, 0.4) is 0 Å². The fourth-order valence-corrected chi connectivity index (χ4v) is 4.67. The second kappa shape index (κ2) is 8.69. The number of carbonyl (C=O) groups is 1. The van der Waals surface area contributed by atoms with Crippen LogP contribution in [0.2, 0.25) is 0 Å². The predicted octanol–water partition coefficient (Wildman–Crippen LogP) is 1.03. The molecule has 2 aliphatic heterocycles. The second-order valence-corrected chi connectivity index (χ2v) is 9.26. The van der Waals surface area contributed by atoms with Crippen molar-refractivity contribution in [2.24, 2.45) is 10.1 Å². The molecule has 0 radical (unpaired) electrons. The first-order chi connectivity index (χ1) is 14.2. The first-order valence-corrected chi connectivity index (χ1v) is 11.6. The summed E-state index contributed by atoms with van der Waals surface area (Å²) in [6.07, 6.45) is 0.641. The number of para-hydroxylation sites is 2. The Morgan fingerprint density at radius 1 is 0.900 bits per heavy atom. The van der Waals surface area contributed by atoms with Gasteiger partial charge in [0.25, 0.3) is 20.0 Å². The monoisotopic (exact) mass is 453 g/mol. The van der Waals surface area contributed by atoms with Crippen molar-refractivity contribution in [2.45, 2.75) is 16.2 Å². The number of rotatable bonds is 3. The standard InChI is InChI=1S/C10H13N3O3S.C7H6N2O3S/c11-6-3-7-16-10-12-8-4-1-2-5-9(8)17(14,15)13-10;10-7-8-5-3-1-2-4-6(5)13(11,12)9-7/h1-2,4-5H,3,6-7,11H2,(H,12,13);1-4H,(H2,8,9,10). The Labute approximate surface area is 173 Å². The van der Waals surface area contributed by atoms with E-state index >= 15 is 0 Å². The number of carbonyl (C=O) groups excluding carboxylic acids is 1. The molecule has 11 nitrogen and oxygen atoms in total. The van der Waals surface area contributed by atoms with Crippen LogP contribution in [0.25, 0.3) is 0 Å². The molecule has 0 fully saturated rings. The van der Waals surface area contributed by atoms with Crippen LogP contribution in [-0.2, 0) is 24.8 Å². The van der Waals surface area contributed by atoms with E-state index in [1.165, 1.54) is 18.2 Å². The molecule has 0 saturated heterocycles. The molecule has 0 unspecified atom stereocenters. The van der Waals surface area contributed by atoms with Gasteiger partial charge >= 0.3 is 12.1 Å². The van der Waals surface area contributed by atoms with Gasteiger partial charge in [-0.25, -0.2) is 17.9 Å². The molecule has 0 atom stereocenters. The van der Waals surface area contributed by atoms with Gasteiger partial charge in [0.2, 0.25) is 0 Å². The van der Waals surface area contributed by atoms with Gasteiger partial charge < -0.3 is 21.1 Å². The number of sulfonamides is 2. The summed E-state index contributed by atoms with van der Waals surface area (Å²) < 4.78 is 56.8. The summed E-state index contributed by atoms with van der Waals surface area (Å²) in [5.74, 6) is 0. The van der Waals surface area contributed by atoms with Gasteiger partial charge in [-0.1, -0.05) is 24.3 Å². The third-order valence-corrected chi connectivity index (χ3v) is 6.56. The zero-order valence-corrected chi connectivity index (χ0v) is 17.2. The normalized spacial score (nSPS) is 17.4. The van der Waals surface area contributed by atoms with Gasteiger partial charge in [-0.3, -0.25) is 0 Å². The summed E-state index contributed by atoms with van der Waals surface area (Å²) in [6.45, 7) is 0.816. The lowest BCUT2D eigenvalue weighted by molar-refractivity contribution is 0.256. The number of urea groups is 1. The van der Waals surface area contributed by atoms with E-state index in [0.29, 0.717) is 30.9 Å². The summed E-state index contributed by atoms with van der Waals surface area (Å²) in [5, 5.41) is 5.21. The average molecular weight is 454 g/mol. The van der Waals surface area contributed by atoms with Crippen molar-refractivity contribution in [3.05, 3.63) is 48.5 Å². The number of nitrogens with two attached hydrogens (primary N) is 1. The molecule has 2 aromatic carbocycles. The number of nitrogens with one attached hydrogen (secondary N) is 3. The van der Waals surface area contributed by atoms with Gasteiger partial charge in [-0.2, -0.15) is 8.42 Å². The minimum absolute atomic E-state index is 0.00264. The van der Waals surface area contributed by atoms with Gasteiger partial charge in [0.1, 0.15) is 9.79 Å². The number of anilines is 2. The number of amidine groups is 1. The van der Waals surface area contributed by atoms with E-state index in [1.807, 2.05) is 4.72 Å². The lowest BCUT2D eigenvalue weighted by Crippen LogP contribution is -2.39. The first kappa shape index (κ1) is 21.5. The Kier molecular flexibility index (Phi) is 6.24. The Morgan fingerprint density at radius 2 is 1.50 bits per heavy atom. The molecule has 2 aromatic rings. The second-order valence-electron chi connectivity index (χ2n) is 6.04. The Morgan fingerprint density at radius 3 is 2.17 bits per heavy atom. The van der Waals surface area contributed by atoms with Crippen molar-refractivity contribution in [3.63, 3.8) is 0 Å². The zero-order valence-electron chi connectivity index (χ0n) is 15.5. The third-order valence-electron chi connectivity index (χ3n) is 3.85. The molecule has 0 spiro atoms. The Bertz CT molecular complexity index is 1190. The highest BCUT2D eigenvalue weighted by Crippen LogP contribution is 2.26. The molecule has 30 heavy (non-hydrogen) atoms. The van der Waals surface area contributed by atoms with E-state index in [1.54, 1.807) is 30.3 Å². The summed E-state index contributed by atoms with van der Waals surface area (Å²) in [7, 11) is -7.31. The lowest BCUT2D eigenvalue weighted by atomic mass is 10.3. The summed E-state index contributed by atoms with van der Waals surface area (Å²) >= 11 is 0. The predicted molar refractivity (Wildman–Crippen MR) is 110 cm³/mol. The van der Waals surface area contributed by atoms with Gasteiger partial charge in [0, 0.05) is 0 Å². The van der Waals surface area contributed by atoms with Gasteiger partial charge in [-0.05, 0) is 37.2 Å². The van der Waals surface area contributed by atoms with Gasteiger partial charge in [-0.15, -0.1) is 4.40 Å². The lowest BCUT2D eigenvalue weighted by Gasteiger charge is -2.17. The van der Waals surface area contributed by atoms with Crippen LogP contribution >= 0.6 is 0 Å². The number of hydrogen-bond donors (Lipinski definition) is 4. The molecule has 5 N–H and O–H groups in total. The van der Waals surface area contributed by atoms with Gasteiger partial charge in [0.05, 0.1) is 18.0 Å². The first-order valence-electron chi connectivity index (χ1n) is 8.70. The number of hydrogen-bond acceptors (Lipinski definition) is 8. The van der Waals surface area contributed by atoms with E-state index in [4.69, 9.17) is 10.5 Å². The van der Waals surface area contributed by atoms with Crippen LogP contribution in [0.15, 0.2) is 62.7 Å². The van der Waals surface area contributed by atoms with Crippen LogP contribution in [-0.4, -0.2) is 42.0 Å². The molecule has 2 heterocycles. The SMILES string of the molecule is NCCCOC1=NS(=O)(=O)c2ccccc2N1.O=C1Nc2ccccc2S(=O)(=O)N1.